The standard InChI is InChI=1S/C13H18N2O3/c16-8-6-10-3-1-2-7-15(10)11-4-5-12(13(17)18)14-9-11/h4-5,9-10,16H,1-3,6-8H2,(H,17,18). The molecule has 1 aliphatic rings. The molecule has 0 aromatic carbocycles. The average molecular weight is 250 g/mol. The Morgan fingerprint density at radius 2 is 2.28 bits per heavy atom. The second-order valence-electron chi connectivity index (χ2n) is 4.56. The fourth-order valence-corrected chi connectivity index (χ4v) is 2.47. The van der Waals surface area contributed by atoms with Crippen LogP contribution in [0.4, 0.5) is 5.69 Å². The van der Waals surface area contributed by atoms with Gasteiger partial charge in [0.15, 0.2) is 0 Å². The van der Waals surface area contributed by atoms with E-state index in [1.54, 1.807) is 12.3 Å². The van der Waals surface area contributed by atoms with Gasteiger partial charge in [0.1, 0.15) is 5.69 Å². The summed E-state index contributed by atoms with van der Waals surface area (Å²) in [6, 6.07) is 3.66. The van der Waals surface area contributed by atoms with E-state index >= 15 is 0 Å². The van der Waals surface area contributed by atoms with Gasteiger partial charge < -0.3 is 15.1 Å². The summed E-state index contributed by atoms with van der Waals surface area (Å²) in [5, 5.41) is 17.9. The highest BCUT2D eigenvalue weighted by molar-refractivity contribution is 5.85. The molecule has 0 saturated carbocycles. The molecular weight excluding hydrogens is 232 g/mol. The number of hydrogen-bond donors (Lipinski definition) is 2. The van der Waals surface area contributed by atoms with E-state index in [0.29, 0.717) is 6.04 Å². The molecular formula is C13H18N2O3. The average Bonchev–Trinajstić information content (AvgIpc) is 2.40. The fraction of sp³-hybridized carbons (Fsp3) is 0.538. The Hall–Kier alpha value is -1.62. The predicted molar refractivity (Wildman–Crippen MR) is 67.9 cm³/mol. The molecule has 0 spiro atoms. The summed E-state index contributed by atoms with van der Waals surface area (Å²) < 4.78 is 0. The Labute approximate surface area is 106 Å². The normalized spacial score (nSPS) is 19.8. The number of hydrogen-bond acceptors (Lipinski definition) is 4. The highest BCUT2D eigenvalue weighted by Crippen LogP contribution is 2.25. The SMILES string of the molecule is O=C(O)c1ccc(N2CCCCC2CCO)cn1. The molecule has 98 valence electrons. The van der Waals surface area contributed by atoms with Gasteiger partial charge in [0.2, 0.25) is 0 Å². The molecule has 1 atom stereocenters. The molecule has 1 aromatic rings. The van der Waals surface area contributed by atoms with Gasteiger partial charge in [-0.05, 0) is 37.8 Å². The zero-order chi connectivity index (χ0) is 13.0. The maximum atomic E-state index is 10.7. The van der Waals surface area contributed by atoms with Crippen molar-refractivity contribution in [3.63, 3.8) is 0 Å². The molecule has 0 amide bonds. The monoisotopic (exact) mass is 250 g/mol. The number of rotatable bonds is 4. The minimum Gasteiger partial charge on any atom is -0.477 e. The molecule has 5 nitrogen and oxygen atoms in total. The van der Waals surface area contributed by atoms with Crippen LogP contribution in [0.5, 0.6) is 0 Å². The van der Waals surface area contributed by atoms with Gasteiger partial charge in [-0.2, -0.15) is 0 Å². The maximum absolute atomic E-state index is 10.7. The van der Waals surface area contributed by atoms with Crippen molar-refractivity contribution >= 4 is 11.7 Å². The molecule has 0 radical (unpaired) electrons. The molecule has 1 aliphatic heterocycles. The smallest absolute Gasteiger partial charge is 0.354 e. The van der Waals surface area contributed by atoms with E-state index in [1.807, 2.05) is 0 Å². The summed E-state index contributed by atoms with van der Waals surface area (Å²) in [6.45, 7) is 1.13. The van der Waals surface area contributed by atoms with E-state index in [1.165, 1.54) is 12.5 Å². The molecule has 0 aliphatic carbocycles. The van der Waals surface area contributed by atoms with Crippen molar-refractivity contribution in [3.05, 3.63) is 24.0 Å². The topological polar surface area (TPSA) is 73.7 Å². The Bertz CT molecular complexity index is 403. The quantitative estimate of drug-likeness (QED) is 0.847. The van der Waals surface area contributed by atoms with Gasteiger partial charge in [-0.25, -0.2) is 9.78 Å². The van der Waals surface area contributed by atoms with E-state index < -0.39 is 5.97 Å². The van der Waals surface area contributed by atoms with Crippen LogP contribution in [0.2, 0.25) is 0 Å². The lowest BCUT2D eigenvalue weighted by molar-refractivity contribution is 0.0690. The molecule has 1 unspecified atom stereocenters. The van der Waals surface area contributed by atoms with Crippen LogP contribution in [0, 0.1) is 0 Å². The number of pyridine rings is 1. The van der Waals surface area contributed by atoms with Crippen molar-refractivity contribution < 1.29 is 15.0 Å². The number of aromatic carboxylic acids is 1. The van der Waals surface area contributed by atoms with E-state index in [0.717, 1.165) is 31.5 Å². The Balaban J connectivity index is 2.15. The van der Waals surface area contributed by atoms with Crippen molar-refractivity contribution in [1.82, 2.24) is 4.98 Å². The third kappa shape index (κ3) is 2.79. The Morgan fingerprint density at radius 3 is 2.89 bits per heavy atom. The number of anilines is 1. The molecule has 2 rings (SSSR count). The third-order valence-electron chi connectivity index (χ3n) is 3.39. The minimum absolute atomic E-state index is 0.0643. The summed E-state index contributed by atoms with van der Waals surface area (Å²) in [6.07, 6.45) is 5.74. The zero-order valence-electron chi connectivity index (χ0n) is 10.2. The molecule has 0 bridgehead atoms. The predicted octanol–water partition coefficient (Wildman–Crippen LogP) is 1.52. The van der Waals surface area contributed by atoms with Crippen LogP contribution in [-0.2, 0) is 0 Å². The molecule has 2 N–H and O–H groups in total. The molecule has 1 fully saturated rings. The first-order valence-corrected chi connectivity index (χ1v) is 6.29. The molecule has 18 heavy (non-hydrogen) atoms. The molecule has 1 aromatic heterocycles. The highest BCUT2D eigenvalue weighted by atomic mass is 16.4. The first-order valence-electron chi connectivity index (χ1n) is 6.29. The van der Waals surface area contributed by atoms with Crippen LogP contribution in [0.25, 0.3) is 0 Å². The second-order valence-corrected chi connectivity index (χ2v) is 4.56. The lowest BCUT2D eigenvalue weighted by atomic mass is 9.99. The largest absolute Gasteiger partial charge is 0.477 e. The van der Waals surface area contributed by atoms with Gasteiger partial charge in [0.05, 0.1) is 11.9 Å². The number of carboxylic acids is 1. The van der Waals surface area contributed by atoms with E-state index in [2.05, 4.69) is 9.88 Å². The van der Waals surface area contributed by atoms with Gasteiger partial charge in [-0.1, -0.05) is 0 Å². The number of carbonyl (C=O) groups is 1. The van der Waals surface area contributed by atoms with Crippen molar-refractivity contribution in [1.29, 1.82) is 0 Å². The summed E-state index contributed by atoms with van der Waals surface area (Å²) in [4.78, 5) is 16.9. The number of aromatic nitrogens is 1. The van der Waals surface area contributed by atoms with Crippen molar-refractivity contribution in [2.24, 2.45) is 0 Å². The maximum Gasteiger partial charge on any atom is 0.354 e. The first-order chi connectivity index (χ1) is 8.72. The number of aliphatic hydroxyl groups excluding tert-OH is 1. The van der Waals surface area contributed by atoms with Crippen LogP contribution in [0.3, 0.4) is 0 Å². The highest BCUT2D eigenvalue weighted by Gasteiger charge is 2.22. The van der Waals surface area contributed by atoms with Crippen LogP contribution in [0.15, 0.2) is 18.3 Å². The summed E-state index contributed by atoms with van der Waals surface area (Å²) in [7, 11) is 0. The minimum atomic E-state index is -1.01. The van der Waals surface area contributed by atoms with Crippen LogP contribution in [0.1, 0.15) is 36.2 Å². The summed E-state index contributed by atoms with van der Waals surface area (Å²) in [5.74, 6) is -1.01. The van der Waals surface area contributed by atoms with Gasteiger partial charge in [0, 0.05) is 19.2 Å². The van der Waals surface area contributed by atoms with Crippen molar-refractivity contribution in [3.8, 4) is 0 Å². The Morgan fingerprint density at radius 1 is 1.44 bits per heavy atom. The van der Waals surface area contributed by atoms with Crippen LogP contribution < -0.4 is 4.90 Å². The van der Waals surface area contributed by atoms with Gasteiger partial charge in [0.25, 0.3) is 0 Å². The van der Waals surface area contributed by atoms with E-state index in [9.17, 15) is 4.79 Å². The number of aliphatic hydroxyl groups is 1. The van der Waals surface area contributed by atoms with Crippen molar-refractivity contribution in [2.45, 2.75) is 31.7 Å². The Kier molecular flexibility index (Phi) is 4.15. The second kappa shape index (κ2) is 5.82. The summed E-state index contributed by atoms with van der Waals surface area (Å²) in [5.41, 5.74) is 1.01. The number of carboxylic acid groups (broad SMARTS) is 1. The molecule has 2 heterocycles. The van der Waals surface area contributed by atoms with Gasteiger partial charge >= 0.3 is 5.97 Å². The van der Waals surface area contributed by atoms with Crippen molar-refractivity contribution in [2.75, 3.05) is 18.1 Å². The van der Waals surface area contributed by atoms with Gasteiger partial charge in [-0.15, -0.1) is 0 Å². The van der Waals surface area contributed by atoms with Crippen LogP contribution >= 0.6 is 0 Å². The molecule has 5 heteroatoms. The van der Waals surface area contributed by atoms with E-state index in [-0.39, 0.29) is 12.3 Å². The number of nitrogens with zero attached hydrogens (tertiary/aromatic N) is 2. The fourth-order valence-electron chi connectivity index (χ4n) is 2.47. The molecule has 1 saturated heterocycles. The lowest BCUT2D eigenvalue weighted by Crippen LogP contribution is -2.40. The first kappa shape index (κ1) is 12.8. The number of piperidine rings is 1. The summed E-state index contributed by atoms with van der Waals surface area (Å²) >= 11 is 0. The lowest BCUT2D eigenvalue weighted by Gasteiger charge is -2.37. The van der Waals surface area contributed by atoms with Crippen LogP contribution in [-0.4, -0.2) is 40.4 Å². The van der Waals surface area contributed by atoms with E-state index in [4.69, 9.17) is 10.2 Å². The van der Waals surface area contributed by atoms with Gasteiger partial charge in [-0.3, -0.25) is 0 Å². The third-order valence-corrected chi connectivity index (χ3v) is 3.39. The zero-order valence-corrected chi connectivity index (χ0v) is 10.2.